The van der Waals surface area contributed by atoms with E-state index in [0.717, 1.165) is 24.8 Å². The monoisotopic (exact) mass is 549 g/mol. The predicted octanol–water partition coefficient (Wildman–Crippen LogP) is 7.15. The number of rotatable bonds is 9. The molecule has 0 amide bonds. The number of hydrogen-bond donors (Lipinski definition) is 2. The lowest BCUT2D eigenvalue weighted by atomic mass is 10.0. The molecule has 0 radical (unpaired) electrons. The van der Waals surface area contributed by atoms with Gasteiger partial charge in [0, 0.05) is 34.7 Å². The van der Waals surface area contributed by atoms with Crippen LogP contribution in [0.3, 0.4) is 0 Å². The summed E-state index contributed by atoms with van der Waals surface area (Å²) < 4.78 is 11.6. The molecule has 3 heterocycles. The molecule has 2 aromatic carbocycles. The molecular formula is C31H29ClN8. The van der Waals surface area contributed by atoms with Gasteiger partial charge < -0.3 is 10.6 Å². The number of halogens is 1. The minimum atomic E-state index is -1.51. The van der Waals surface area contributed by atoms with Crippen LogP contribution in [0, 0.1) is 18.3 Å². The molecule has 1 saturated carbocycles. The second-order valence-electron chi connectivity index (χ2n) is 9.98. The van der Waals surface area contributed by atoms with Crippen LogP contribution in [0.2, 0.25) is 5.02 Å². The molecule has 1 aliphatic rings. The number of fused-ring (bicyclic) bond motifs is 1. The smallest absolute Gasteiger partial charge is 0.110 e. The van der Waals surface area contributed by atoms with Gasteiger partial charge in [0.1, 0.15) is 11.8 Å². The van der Waals surface area contributed by atoms with Gasteiger partial charge in [-0.05, 0) is 49.9 Å². The van der Waals surface area contributed by atoms with Crippen LogP contribution in [0.15, 0.2) is 73.2 Å². The Bertz CT molecular complexity index is 1760. The molecule has 2 N–H and O–H groups in total. The van der Waals surface area contributed by atoms with E-state index >= 15 is 0 Å². The van der Waals surface area contributed by atoms with Crippen LogP contribution in [-0.2, 0) is 0 Å². The number of pyridine rings is 2. The van der Waals surface area contributed by atoms with Gasteiger partial charge in [-0.1, -0.05) is 60.1 Å². The van der Waals surface area contributed by atoms with E-state index in [1.54, 1.807) is 18.5 Å². The van der Waals surface area contributed by atoms with Gasteiger partial charge in [-0.15, -0.1) is 5.10 Å². The van der Waals surface area contributed by atoms with E-state index in [0.29, 0.717) is 55.9 Å². The van der Waals surface area contributed by atoms with E-state index in [1.807, 2.05) is 54.2 Å². The molecule has 3 aromatic heterocycles. The lowest BCUT2D eigenvalue weighted by molar-refractivity contribution is 0.610. The first-order valence-corrected chi connectivity index (χ1v) is 13.8. The average molecular weight is 550 g/mol. The van der Waals surface area contributed by atoms with Gasteiger partial charge in [0.25, 0.3) is 0 Å². The van der Waals surface area contributed by atoms with E-state index in [-0.39, 0.29) is 6.04 Å². The van der Waals surface area contributed by atoms with Crippen molar-refractivity contribution >= 4 is 33.9 Å². The maximum Gasteiger partial charge on any atom is 0.110 e. The Balaban J connectivity index is 1.47. The molecule has 0 spiro atoms. The van der Waals surface area contributed by atoms with Crippen molar-refractivity contribution in [1.82, 2.24) is 25.0 Å². The molecule has 2 atom stereocenters. The zero-order chi connectivity index (χ0) is 28.6. The first-order valence-electron chi connectivity index (χ1n) is 13.9. The third kappa shape index (κ3) is 5.08. The number of anilines is 2. The molecule has 0 saturated heterocycles. The number of nitrogens with one attached hydrogen (secondary N) is 2. The molecule has 1 unspecified atom stereocenters. The highest BCUT2D eigenvalue weighted by molar-refractivity contribution is 6.35. The lowest BCUT2D eigenvalue weighted by Crippen LogP contribution is -2.15. The van der Waals surface area contributed by atoms with Gasteiger partial charge in [0.15, 0.2) is 0 Å². The highest BCUT2D eigenvalue weighted by atomic mass is 35.5. The van der Waals surface area contributed by atoms with Crippen molar-refractivity contribution in [2.24, 2.45) is 0 Å². The van der Waals surface area contributed by atoms with Crippen LogP contribution >= 0.6 is 11.6 Å². The Morgan fingerprint density at radius 1 is 1.15 bits per heavy atom. The van der Waals surface area contributed by atoms with Crippen LogP contribution in [0.25, 0.3) is 10.9 Å². The highest BCUT2D eigenvalue weighted by Gasteiger charge is 2.28. The molecule has 40 heavy (non-hydrogen) atoms. The molecule has 1 fully saturated rings. The minimum Gasteiger partial charge on any atom is -0.377 e. The SMILES string of the molecule is [2H]C(Nc1cc(Cl)c2ncc(C#N)c(N[C@H](CC)c3ccccc3)c2c1)(c1cn(C2CC2)nn1)c1cccnc1C. The largest absolute Gasteiger partial charge is 0.377 e. The summed E-state index contributed by atoms with van der Waals surface area (Å²) in [5.74, 6) is 0. The van der Waals surface area contributed by atoms with E-state index in [4.69, 9.17) is 11.6 Å². The third-order valence-corrected chi connectivity index (χ3v) is 7.50. The van der Waals surface area contributed by atoms with Crippen molar-refractivity contribution in [3.8, 4) is 6.07 Å². The van der Waals surface area contributed by atoms with E-state index in [2.05, 4.69) is 56.0 Å². The first-order chi connectivity index (χ1) is 19.9. The van der Waals surface area contributed by atoms with E-state index in [1.165, 1.54) is 0 Å². The molecular weight excluding hydrogens is 520 g/mol. The lowest BCUT2D eigenvalue weighted by Gasteiger charge is -2.23. The molecule has 0 bridgehead atoms. The molecule has 9 heteroatoms. The maximum atomic E-state index is 10.0. The summed E-state index contributed by atoms with van der Waals surface area (Å²) in [6.07, 6.45) is 8.00. The van der Waals surface area contributed by atoms with Gasteiger partial charge >= 0.3 is 0 Å². The minimum absolute atomic E-state index is 0.0323. The van der Waals surface area contributed by atoms with Crippen LogP contribution in [0.4, 0.5) is 11.4 Å². The standard InChI is InChI=1S/C31H29ClN8/c1-3-27(20-8-5-4-6-9-20)37-29-21(16-33)17-35-30-25(29)14-22(15-26(30)32)36-31(24-10-7-13-34-19(24)2)28-18-40(39-38-28)23-11-12-23/h4-10,13-15,17-18,23,27,31,36H,3,11-12H2,1-2H3,(H,35,37)/t27-,31?/m1/s1/i31D. The summed E-state index contributed by atoms with van der Waals surface area (Å²) in [7, 11) is 0. The van der Waals surface area contributed by atoms with Crippen molar-refractivity contribution < 1.29 is 1.37 Å². The van der Waals surface area contributed by atoms with Crippen LogP contribution in [-0.4, -0.2) is 25.0 Å². The fourth-order valence-electron chi connectivity index (χ4n) is 4.92. The Labute approximate surface area is 239 Å². The summed E-state index contributed by atoms with van der Waals surface area (Å²) in [6, 6.07) is 18.5. The molecule has 6 rings (SSSR count). The average Bonchev–Trinajstić information content (AvgIpc) is 3.71. The number of nitrogens with zero attached hydrogens (tertiary/aromatic N) is 6. The fraction of sp³-hybridized carbons (Fsp3) is 0.258. The number of aryl methyl sites for hydroxylation is 1. The summed E-state index contributed by atoms with van der Waals surface area (Å²) in [4.78, 5) is 8.96. The zero-order valence-corrected chi connectivity index (χ0v) is 23.0. The Kier molecular flexibility index (Phi) is 6.72. The van der Waals surface area contributed by atoms with Gasteiger partial charge in [-0.25, -0.2) is 4.68 Å². The first kappa shape index (κ1) is 24.6. The third-order valence-electron chi connectivity index (χ3n) is 7.21. The maximum absolute atomic E-state index is 10.0. The van der Waals surface area contributed by atoms with Gasteiger partial charge in [0.2, 0.25) is 0 Å². The van der Waals surface area contributed by atoms with Crippen molar-refractivity contribution in [2.45, 2.75) is 51.2 Å². The van der Waals surface area contributed by atoms with Crippen molar-refractivity contribution in [3.63, 3.8) is 0 Å². The second kappa shape index (κ2) is 10.9. The molecule has 1 aliphatic carbocycles. The highest BCUT2D eigenvalue weighted by Crippen LogP contribution is 2.38. The van der Waals surface area contributed by atoms with Crippen molar-refractivity contribution in [3.05, 3.63) is 106 Å². The number of aromatic nitrogens is 5. The van der Waals surface area contributed by atoms with E-state index < -0.39 is 6.02 Å². The normalized spacial score (nSPS) is 15.6. The van der Waals surface area contributed by atoms with Gasteiger partial charge in [-0.3, -0.25) is 9.97 Å². The second-order valence-corrected chi connectivity index (χ2v) is 10.4. The summed E-state index contributed by atoms with van der Waals surface area (Å²) in [6.45, 7) is 3.97. The van der Waals surface area contributed by atoms with Crippen LogP contribution < -0.4 is 10.6 Å². The van der Waals surface area contributed by atoms with Gasteiger partial charge in [-0.2, -0.15) is 5.26 Å². The summed E-state index contributed by atoms with van der Waals surface area (Å²) in [5.41, 5.74) is 5.11. The van der Waals surface area contributed by atoms with Crippen molar-refractivity contribution in [1.29, 1.82) is 5.26 Å². The number of hydrogen-bond acceptors (Lipinski definition) is 7. The number of benzene rings is 2. The van der Waals surface area contributed by atoms with Crippen LogP contribution in [0.5, 0.6) is 0 Å². The Hall–Kier alpha value is -4.48. The quantitative estimate of drug-likeness (QED) is 0.201. The zero-order valence-electron chi connectivity index (χ0n) is 23.3. The Morgan fingerprint density at radius 2 is 1.98 bits per heavy atom. The summed E-state index contributed by atoms with van der Waals surface area (Å²) in [5, 5.41) is 26.8. The van der Waals surface area contributed by atoms with E-state index in [9.17, 15) is 6.63 Å². The molecule has 0 aliphatic heterocycles. The molecule has 5 aromatic rings. The topological polar surface area (TPSA) is 104 Å². The molecule has 200 valence electrons. The van der Waals surface area contributed by atoms with Gasteiger partial charge in [0.05, 0.1) is 47.5 Å². The molecule has 8 nitrogen and oxygen atoms in total. The van der Waals surface area contributed by atoms with Crippen molar-refractivity contribution in [2.75, 3.05) is 10.6 Å². The Morgan fingerprint density at radius 3 is 2.70 bits per heavy atom. The summed E-state index contributed by atoms with van der Waals surface area (Å²) >= 11 is 6.80. The number of nitriles is 1. The predicted molar refractivity (Wildman–Crippen MR) is 157 cm³/mol. The van der Waals surface area contributed by atoms with Crippen LogP contribution in [0.1, 0.15) is 73.7 Å². The fourth-order valence-corrected chi connectivity index (χ4v) is 5.19.